The Kier molecular flexibility index (Phi) is 4.88. The predicted octanol–water partition coefficient (Wildman–Crippen LogP) is 3.92. The molecule has 0 aromatic heterocycles. The van der Waals surface area contributed by atoms with E-state index in [1.54, 1.807) is 7.05 Å². The van der Waals surface area contributed by atoms with Crippen molar-refractivity contribution in [1.29, 1.82) is 0 Å². The van der Waals surface area contributed by atoms with E-state index in [2.05, 4.69) is 5.32 Å². The highest BCUT2D eigenvalue weighted by atomic mass is 19.4. The van der Waals surface area contributed by atoms with Gasteiger partial charge in [-0.2, -0.15) is 13.2 Å². The number of rotatable bonds is 4. The lowest BCUT2D eigenvalue weighted by molar-refractivity contribution is -0.140. The highest BCUT2D eigenvalue weighted by Crippen LogP contribution is 2.38. The van der Waals surface area contributed by atoms with Gasteiger partial charge >= 0.3 is 6.18 Å². The summed E-state index contributed by atoms with van der Waals surface area (Å²) in [7, 11) is 1.70. The van der Waals surface area contributed by atoms with Gasteiger partial charge in [0.2, 0.25) is 0 Å². The van der Waals surface area contributed by atoms with Crippen molar-refractivity contribution >= 4 is 0 Å². The summed E-state index contributed by atoms with van der Waals surface area (Å²) in [5.74, 6) is -1.15. The average Bonchev–Trinajstić information content (AvgIpc) is 2.88. The van der Waals surface area contributed by atoms with Crippen LogP contribution in [0.25, 0.3) is 0 Å². The third-order valence-electron chi connectivity index (χ3n) is 4.06. The van der Waals surface area contributed by atoms with E-state index in [-0.39, 0.29) is 18.1 Å². The molecule has 0 radical (unpaired) electrons. The van der Waals surface area contributed by atoms with Crippen LogP contribution in [0.3, 0.4) is 0 Å². The number of alkyl halides is 3. The molecule has 0 amide bonds. The monoisotopic (exact) mass is 305 g/mol. The Morgan fingerprint density at radius 2 is 2.10 bits per heavy atom. The Balaban J connectivity index is 2.35. The van der Waals surface area contributed by atoms with Gasteiger partial charge in [0.25, 0.3) is 0 Å². The molecule has 0 aliphatic carbocycles. The van der Waals surface area contributed by atoms with Crippen molar-refractivity contribution in [3.05, 3.63) is 35.1 Å². The van der Waals surface area contributed by atoms with E-state index >= 15 is 0 Å². The lowest BCUT2D eigenvalue weighted by Crippen LogP contribution is -2.31. The van der Waals surface area contributed by atoms with E-state index in [4.69, 9.17) is 4.74 Å². The van der Waals surface area contributed by atoms with Gasteiger partial charge in [0, 0.05) is 18.6 Å². The second kappa shape index (κ2) is 6.32. The van der Waals surface area contributed by atoms with Crippen molar-refractivity contribution in [2.75, 3.05) is 13.7 Å². The molecule has 2 rings (SSSR count). The molecule has 1 aromatic carbocycles. The topological polar surface area (TPSA) is 21.3 Å². The van der Waals surface area contributed by atoms with Crippen molar-refractivity contribution in [2.45, 2.75) is 38.1 Å². The van der Waals surface area contributed by atoms with Gasteiger partial charge in [-0.05, 0) is 37.6 Å². The fourth-order valence-electron chi connectivity index (χ4n) is 3.05. The van der Waals surface area contributed by atoms with Crippen LogP contribution in [0, 0.1) is 11.7 Å². The average molecular weight is 305 g/mol. The minimum absolute atomic E-state index is 0.0156. The Hall–Kier alpha value is -1.14. The maximum atomic E-state index is 13.4. The highest BCUT2D eigenvalue weighted by molar-refractivity contribution is 5.30. The van der Waals surface area contributed by atoms with Crippen LogP contribution in [0.5, 0.6) is 0 Å². The van der Waals surface area contributed by atoms with Gasteiger partial charge in [-0.25, -0.2) is 4.39 Å². The standard InChI is InChI=1S/C15H19F4NO/c1-3-13-10(6-7-21-13)14(20-2)9-4-5-12(16)11(8-9)15(17,18)19/h4-5,8,10,13-14,20H,3,6-7H2,1-2H3. The second-order valence-electron chi connectivity index (χ2n) is 5.27. The minimum Gasteiger partial charge on any atom is -0.378 e. The quantitative estimate of drug-likeness (QED) is 0.851. The second-order valence-corrected chi connectivity index (χ2v) is 5.27. The van der Waals surface area contributed by atoms with Crippen LogP contribution in [-0.2, 0) is 10.9 Å². The van der Waals surface area contributed by atoms with Gasteiger partial charge < -0.3 is 10.1 Å². The van der Waals surface area contributed by atoms with E-state index in [9.17, 15) is 17.6 Å². The van der Waals surface area contributed by atoms with E-state index < -0.39 is 17.6 Å². The zero-order valence-corrected chi connectivity index (χ0v) is 12.0. The summed E-state index contributed by atoms with van der Waals surface area (Å²) in [6, 6.07) is 2.93. The van der Waals surface area contributed by atoms with Gasteiger partial charge in [0.15, 0.2) is 0 Å². The fraction of sp³-hybridized carbons (Fsp3) is 0.600. The molecule has 1 heterocycles. The minimum atomic E-state index is -4.69. The van der Waals surface area contributed by atoms with Crippen LogP contribution in [0.2, 0.25) is 0 Å². The SMILES string of the molecule is CCC1OCCC1C(NC)c1ccc(F)c(C(F)(F)F)c1. The number of hydrogen-bond donors (Lipinski definition) is 1. The summed E-state index contributed by atoms with van der Waals surface area (Å²) in [5.41, 5.74) is -0.771. The summed E-state index contributed by atoms with van der Waals surface area (Å²) in [6.07, 6.45) is -3.09. The summed E-state index contributed by atoms with van der Waals surface area (Å²) in [4.78, 5) is 0. The molecule has 0 spiro atoms. The number of nitrogens with one attached hydrogen (secondary N) is 1. The van der Waals surface area contributed by atoms with Gasteiger partial charge in [0.1, 0.15) is 5.82 Å². The molecule has 1 aliphatic rings. The van der Waals surface area contributed by atoms with Crippen molar-refractivity contribution < 1.29 is 22.3 Å². The van der Waals surface area contributed by atoms with Gasteiger partial charge in [-0.1, -0.05) is 13.0 Å². The molecule has 1 fully saturated rings. The molecular formula is C15H19F4NO. The van der Waals surface area contributed by atoms with Crippen LogP contribution in [0.15, 0.2) is 18.2 Å². The predicted molar refractivity (Wildman–Crippen MR) is 71.3 cm³/mol. The molecule has 0 saturated carbocycles. The van der Waals surface area contributed by atoms with E-state index in [1.165, 1.54) is 6.07 Å². The largest absolute Gasteiger partial charge is 0.419 e. The highest BCUT2D eigenvalue weighted by Gasteiger charge is 2.37. The molecule has 1 aromatic rings. The zero-order chi connectivity index (χ0) is 15.6. The van der Waals surface area contributed by atoms with Crippen LogP contribution in [-0.4, -0.2) is 19.8 Å². The zero-order valence-electron chi connectivity index (χ0n) is 12.0. The first-order chi connectivity index (χ1) is 9.88. The summed E-state index contributed by atoms with van der Waals surface area (Å²) >= 11 is 0. The molecule has 1 saturated heterocycles. The maximum Gasteiger partial charge on any atom is 0.419 e. The van der Waals surface area contributed by atoms with Crippen LogP contribution < -0.4 is 5.32 Å². The van der Waals surface area contributed by atoms with Crippen LogP contribution >= 0.6 is 0 Å². The Bertz CT molecular complexity index is 489. The van der Waals surface area contributed by atoms with Crippen LogP contribution in [0.4, 0.5) is 17.6 Å². The van der Waals surface area contributed by atoms with Gasteiger partial charge in [-0.15, -0.1) is 0 Å². The van der Waals surface area contributed by atoms with Crippen LogP contribution in [0.1, 0.15) is 36.9 Å². The van der Waals surface area contributed by atoms with Crippen molar-refractivity contribution in [3.8, 4) is 0 Å². The molecule has 0 bridgehead atoms. The van der Waals surface area contributed by atoms with Gasteiger partial charge in [-0.3, -0.25) is 0 Å². The summed E-state index contributed by atoms with van der Waals surface area (Å²) in [5, 5.41) is 3.05. The third kappa shape index (κ3) is 3.37. The normalized spacial score (nSPS) is 24.3. The Labute approximate surface area is 121 Å². The van der Waals surface area contributed by atoms with Crippen molar-refractivity contribution in [2.24, 2.45) is 5.92 Å². The molecule has 2 nitrogen and oxygen atoms in total. The molecule has 1 aliphatic heterocycles. The third-order valence-corrected chi connectivity index (χ3v) is 4.06. The number of halogens is 4. The van der Waals surface area contributed by atoms with E-state index in [0.717, 1.165) is 25.0 Å². The summed E-state index contributed by atoms with van der Waals surface area (Å²) < 4.78 is 57.5. The molecule has 3 atom stereocenters. The first-order valence-electron chi connectivity index (χ1n) is 7.04. The Morgan fingerprint density at radius 3 is 2.67 bits per heavy atom. The number of ether oxygens (including phenoxy) is 1. The molecule has 1 N–H and O–H groups in total. The van der Waals surface area contributed by atoms with E-state index in [1.807, 2.05) is 6.92 Å². The lowest BCUT2D eigenvalue weighted by Gasteiger charge is -2.27. The Morgan fingerprint density at radius 1 is 1.38 bits per heavy atom. The molecule has 21 heavy (non-hydrogen) atoms. The molecule has 3 unspecified atom stereocenters. The maximum absolute atomic E-state index is 13.4. The lowest BCUT2D eigenvalue weighted by atomic mass is 9.86. The number of hydrogen-bond acceptors (Lipinski definition) is 2. The smallest absolute Gasteiger partial charge is 0.378 e. The molecule has 118 valence electrons. The van der Waals surface area contributed by atoms with E-state index in [0.29, 0.717) is 12.2 Å². The van der Waals surface area contributed by atoms with Crippen molar-refractivity contribution in [3.63, 3.8) is 0 Å². The van der Waals surface area contributed by atoms with Crippen molar-refractivity contribution in [1.82, 2.24) is 5.32 Å². The summed E-state index contributed by atoms with van der Waals surface area (Å²) in [6.45, 7) is 2.59. The van der Waals surface area contributed by atoms with Gasteiger partial charge in [0.05, 0.1) is 11.7 Å². The number of benzene rings is 1. The molecular weight excluding hydrogens is 286 g/mol. The first kappa shape index (κ1) is 16.2. The first-order valence-corrected chi connectivity index (χ1v) is 7.04. The molecule has 6 heteroatoms. The fourth-order valence-corrected chi connectivity index (χ4v) is 3.05.